The maximum absolute atomic E-state index is 10.1. The van der Waals surface area contributed by atoms with Crippen LogP contribution in [0.1, 0.15) is 16.5 Å². The van der Waals surface area contributed by atoms with Gasteiger partial charge in [-0.25, -0.2) is 0 Å². The maximum Gasteiger partial charge on any atom is 0.113 e. The van der Waals surface area contributed by atoms with Crippen molar-refractivity contribution in [1.29, 1.82) is 0 Å². The predicted molar refractivity (Wildman–Crippen MR) is 70.2 cm³/mol. The first-order chi connectivity index (χ1) is 7.16. The summed E-state index contributed by atoms with van der Waals surface area (Å²) in [6.07, 6.45) is -0.543. The molecular weight excluding hydrogens is 340 g/mol. The van der Waals surface area contributed by atoms with E-state index in [1.807, 2.05) is 35.7 Å². The van der Waals surface area contributed by atoms with Crippen molar-refractivity contribution in [1.82, 2.24) is 0 Å². The van der Waals surface area contributed by atoms with E-state index in [-0.39, 0.29) is 0 Å². The molecule has 1 aromatic carbocycles. The Bertz CT molecular complexity index is 433. The highest BCUT2D eigenvalue weighted by Crippen LogP contribution is 2.30. The highest BCUT2D eigenvalue weighted by Gasteiger charge is 2.12. The second-order valence-electron chi connectivity index (χ2n) is 3.12. The van der Waals surface area contributed by atoms with Gasteiger partial charge < -0.3 is 5.11 Å². The molecule has 0 bridgehead atoms. The number of aliphatic hydroxyl groups excluding tert-OH is 1. The van der Waals surface area contributed by atoms with Gasteiger partial charge in [-0.2, -0.15) is 0 Å². The number of aliphatic hydroxyl groups is 1. The molecule has 1 atom stereocenters. The Morgan fingerprint density at radius 2 is 1.80 bits per heavy atom. The van der Waals surface area contributed by atoms with Crippen LogP contribution in [0.15, 0.2) is 44.7 Å². The second kappa shape index (κ2) is 4.78. The molecule has 1 nitrogen and oxygen atoms in total. The van der Waals surface area contributed by atoms with E-state index in [1.165, 1.54) is 0 Å². The molecule has 1 aromatic heterocycles. The van der Waals surface area contributed by atoms with Crippen molar-refractivity contribution in [3.05, 3.63) is 55.1 Å². The Labute approximate surface area is 109 Å². The fourth-order valence-electron chi connectivity index (χ4n) is 1.34. The van der Waals surface area contributed by atoms with Gasteiger partial charge in [0.2, 0.25) is 0 Å². The van der Waals surface area contributed by atoms with E-state index in [0.717, 1.165) is 19.4 Å². The lowest BCUT2D eigenvalue weighted by atomic mass is 10.1. The molecule has 4 heteroatoms. The summed E-state index contributed by atoms with van der Waals surface area (Å²) in [7, 11) is 0. The average Bonchev–Trinajstić information content (AvgIpc) is 2.67. The van der Waals surface area contributed by atoms with Crippen LogP contribution in [0.3, 0.4) is 0 Å². The van der Waals surface area contributed by atoms with Gasteiger partial charge in [0.05, 0.1) is 0 Å². The lowest BCUT2D eigenvalue weighted by Crippen LogP contribution is -1.96. The molecule has 0 fully saturated rings. The molecule has 78 valence electrons. The monoisotopic (exact) mass is 346 g/mol. The van der Waals surface area contributed by atoms with Crippen LogP contribution in [0.5, 0.6) is 0 Å². The third-order valence-corrected chi connectivity index (χ3v) is 3.85. The van der Waals surface area contributed by atoms with Crippen molar-refractivity contribution in [3.63, 3.8) is 0 Å². The Kier molecular flexibility index (Phi) is 3.61. The van der Waals surface area contributed by atoms with Crippen LogP contribution in [-0.2, 0) is 0 Å². The molecule has 1 heterocycles. The summed E-state index contributed by atoms with van der Waals surface area (Å²) in [6.45, 7) is 0. The highest BCUT2D eigenvalue weighted by atomic mass is 79.9. The summed E-state index contributed by atoms with van der Waals surface area (Å²) in [6, 6.07) is 9.68. The van der Waals surface area contributed by atoms with Crippen LogP contribution in [0, 0.1) is 0 Å². The minimum atomic E-state index is -0.543. The lowest BCUT2D eigenvalue weighted by molar-refractivity contribution is 0.224. The fraction of sp³-hybridized carbons (Fsp3) is 0.0909. The van der Waals surface area contributed by atoms with Gasteiger partial charge in [-0.15, -0.1) is 11.3 Å². The zero-order chi connectivity index (χ0) is 10.8. The zero-order valence-corrected chi connectivity index (χ0v) is 11.6. The first-order valence-corrected chi connectivity index (χ1v) is 6.81. The van der Waals surface area contributed by atoms with E-state index >= 15 is 0 Å². The normalized spacial score (nSPS) is 12.7. The minimum absolute atomic E-state index is 0.543. The van der Waals surface area contributed by atoms with Gasteiger partial charge in [-0.05, 0) is 35.2 Å². The van der Waals surface area contributed by atoms with Crippen LogP contribution >= 0.6 is 43.2 Å². The first kappa shape index (κ1) is 11.3. The molecule has 15 heavy (non-hydrogen) atoms. The Hall–Kier alpha value is -0.160. The highest BCUT2D eigenvalue weighted by molar-refractivity contribution is 9.11. The van der Waals surface area contributed by atoms with Crippen molar-refractivity contribution >= 4 is 43.2 Å². The molecule has 0 aliphatic rings. The molecule has 0 aliphatic carbocycles. The SMILES string of the molecule is OC(c1cc(Br)cc(Br)c1)c1cccs1. The van der Waals surface area contributed by atoms with Gasteiger partial charge in [-0.1, -0.05) is 37.9 Å². The van der Waals surface area contributed by atoms with E-state index in [0.29, 0.717) is 0 Å². The molecule has 0 aliphatic heterocycles. The van der Waals surface area contributed by atoms with Crippen LogP contribution < -0.4 is 0 Å². The topological polar surface area (TPSA) is 20.2 Å². The molecule has 0 saturated heterocycles. The molecule has 1 N–H and O–H groups in total. The molecule has 0 amide bonds. The predicted octanol–water partition coefficient (Wildman–Crippen LogP) is 4.35. The summed E-state index contributed by atoms with van der Waals surface area (Å²) in [5.74, 6) is 0. The summed E-state index contributed by atoms with van der Waals surface area (Å²) >= 11 is 8.37. The van der Waals surface area contributed by atoms with Crippen LogP contribution in [0.25, 0.3) is 0 Å². The summed E-state index contributed by atoms with van der Waals surface area (Å²) in [5, 5.41) is 12.1. The average molecular weight is 348 g/mol. The Morgan fingerprint density at radius 3 is 2.33 bits per heavy atom. The van der Waals surface area contributed by atoms with Gasteiger partial charge in [0.1, 0.15) is 6.10 Å². The lowest BCUT2D eigenvalue weighted by Gasteiger charge is -2.09. The third kappa shape index (κ3) is 2.69. The Balaban J connectivity index is 2.37. The van der Waals surface area contributed by atoms with E-state index in [2.05, 4.69) is 31.9 Å². The van der Waals surface area contributed by atoms with E-state index in [4.69, 9.17) is 0 Å². The van der Waals surface area contributed by atoms with Crippen molar-refractivity contribution in [3.8, 4) is 0 Å². The minimum Gasteiger partial charge on any atom is -0.383 e. The number of hydrogen-bond acceptors (Lipinski definition) is 2. The largest absolute Gasteiger partial charge is 0.383 e. The number of halogens is 2. The van der Waals surface area contributed by atoms with E-state index < -0.39 is 6.10 Å². The summed E-state index contributed by atoms with van der Waals surface area (Å²) in [4.78, 5) is 0.958. The standard InChI is InChI=1S/C11H8Br2OS/c12-8-4-7(5-9(13)6-8)11(14)10-2-1-3-15-10/h1-6,11,14H. The second-order valence-corrected chi connectivity index (χ2v) is 5.93. The quantitative estimate of drug-likeness (QED) is 0.855. The summed E-state index contributed by atoms with van der Waals surface area (Å²) in [5.41, 5.74) is 0.888. The number of benzene rings is 1. The van der Waals surface area contributed by atoms with Crippen LogP contribution in [0.2, 0.25) is 0 Å². The van der Waals surface area contributed by atoms with Gasteiger partial charge in [-0.3, -0.25) is 0 Å². The van der Waals surface area contributed by atoms with Crippen molar-refractivity contribution < 1.29 is 5.11 Å². The molecule has 1 unspecified atom stereocenters. The van der Waals surface area contributed by atoms with Crippen LogP contribution in [-0.4, -0.2) is 5.11 Å². The first-order valence-electron chi connectivity index (χ1n) is 4.34. The summed E-state index contributed by atoms with van der Waals surface area (Å²) < 4.78 is 1.92. The molecule has 2 aromatic rings. The van der Waals surface area contributed by atoms with Gasteiger partial charge >= 0.3 is 0 Å². The maximum atomic E-state index is 10.1. The number of rotatable bonds is 2. The molecule has 0 radical (unpaired) electrons. The Morgan fingerprint density at radius 1 is 1.13 bits per heavy atom. The van der Waals surface area contributed by atoms with Gasteiger partial charge in [0, 0.05) is 13.8 Å². The van der Waals surface area contributed by atoms with Gasteiger partial charge in [0.15, 0.2) is 0 Å². The van der Waals surface area contributed by atoms with E-state index in [9.17, 15) is 5.11 Å². The molecule has 0 spiro atoms. The fourth-order valence-corrected chi connectivity index (χ4v) is 3.41. The van der Waals surface area contributed by atoms with Crippen molar-refractivity contribution in [2.24, 2.45) is 0 Å². The third-order valence-electron chi connectivity index (χ3n) is 2.01. The van der Waals surface area contributed by atoms with E-state index in [1.54, 1.807) is 11.3 Å². The molecular formula is C11H8Br2OS. The smallest absolute Gasteiger partial charge is 0.113 e. The van der Waals surface area contributed by atoms with Crippen LogP contribution in [0.4, 0.5) is 0 Å². The number of hydrogen-bond donors (Lipinski definition) is 1. The number of thiophene rings is 1. The van der Waals surface area contributed by atoms with Crippen molar-refractivity contribution in [2.45, 2.75) is 6.10 Å². The molecule has 2 rings (SSSR count). The zero-order valence-electron chi connectivity index (χ0n) is 7.65. The van der Waals surface area contributed by atoms with Gasteiger partial charge in [0.25, 0.3) is 0 Å². The molecule has 0 saturated carbocycles. The van der Waals surface area contributed by atoms with Crippen molar-refractivity contribution in [2.75, 3.05) is 0 Å².